The summed E-state index contributed by atoms with van der Waals surface area (Å²) in [7, 11) is 0. The van der Waals surface area contributed by atoms with E-state index in [-0.39, 0.29) is 28.3 Å². The van der Waals surface area contributed by atoms with E-state index in [4.69, 9.17) is 9.97 Å². The molecular weight excluding hydrogens is 1170 g/mol. The van der Waals surface area contributed by atoms with Crippen molar-refractivity contribution in [2.45, 2.75) is 228 Å². The molecule has 0 saturated carbocycles. The summed E-state index contributed by atoms with van der Waals surface area (Å²) in [6.07, 6.45) is 16.4. The normalized spacial score (nSPS) is 16.3. The van der Waals surface area contributed by atoms with E-state index < -0.39 is 52.1 Å². The number of nitrogens with zero attached hydrogens (tertiary/aromatic N) is 7. The summed E-state index contributed by atoms with van der Waals surface area (Å²) < 4.78 is 0. The van der Waals surface area contributed by atoms with Gasteiger partial charge >= 0.3 is 0 Å². The van der Waals surface area contributed by atoms with E-state index in [0.29, 0.717) is 16.7 Å². The second kappa shape index (κ2) is 33.1. The van der Waals surface area contributed by atoms with Crippen molar-refractivity contribution in [1.29, 1.82) is 10.5 Å². The Hall–Kier alpha value is -6.94. The second-order valence-corrected chi connectivity index (χ2v) is 28.6. The highest BCUT2D eigenvalue weighted by Crippen LogP contribution is 2.44. The number of hydrogen-bond acceptors (Lipinski definition) is 14. The lowest BCUT2D eigenvalue weighted by atomic mass is 9.69. The fraction of sp³-hybridized carbons (Fsp3) is 0.553. The maximum absolute atomic E-state index is 14.2. The molecule has 0 N–H and O–H groups in total. The number of aromatic nitrogens is 2. The van der Waals surface area contributed by atoms with Crippen LogP contribution in [0, 0.1) is 52.3 Å². The van der Waals surface area contributed by atoms with Gasteiger partial charge in [0.1, 0.15) is 23.5 Å². The van der Waals surface area contributed by atoms with Gasteiger partial charge in [0.05, 0.1) is 38.7 Å². The van der Waals surface area contributed by atoms with Crippen LogP contribution >= 0.6 is 22.7 Å². The van der Waals surface area contributed by atoms with E-state index in [2.05, 4.69) is 109 Å². The minimum atomic E-state index is -1.22. The molecule has 1 aliphatic heterocycles. The molecule has 0 bridgehead atoms. The van der Waals surface area contributed by atoms with Crippen molar-refractivity contribution in [3.8, 4) is 34.7 Å². The average molecular weight is 1270 g/mol. The topological polar surface area (TPSA) is 185 Å². The first-order chi connectivity index (χ1) is 43.0. The van der Waals surface area contributed by atoms with Crippen molar-refractivity contribution in [3.63, 3.8) is 0 Å². The van der Waals surface area contributed by atoms with Gasteiger partial charge in [0.15, 0.2) is 27.6 Å². The Morgan fingerprint density at radius 2 is 0.945 bits per heavy atom. The summed E-state index contributed by atoms with van der Waals surface area (Å²) in [5.74, 6) is -4.73. The zero-order chi connectivity index (χ0) is 68.0. The van der Waals surface area contributed by atoms with Gasteiger partial charge in [-0.05, 0) is 137 Å². The number of amides is 2. The lowest BCUT2D eigenvalue weighted by Crippen LogP contribution is -2.53. The average Bonchev–Trinajstić information content (AvgIpc) is 1.77. The van der Waals surface area contributed by atoms with Crippen molar-refractivity contribution in [3.05, 3.63) is 101 Å². The zero-order valence-electron chi connectivity index (χ0n) is 58.6. The number of Topliss-reactive ketones (excluding diaryl/α,β-unsaturated/α-hetero) is 4. The zero-order valence-corrected chi connectivity index (χ0v) is 60.2. The highest BCUT2D eigenvalue weighted by molar-refractivity contribution is 7.17. The Morgan fingerprint density at radius 1 is 0.560 bits per heavy atom. The molecule has 91 heavy (non-hydrogen) atoms. The summed E-state index contributed by atoms with van der Waals surface area (Å²) in [5, 5.41) is 22.0. The number of hydrogen-bond donors (Lipinski definition) is 0. The SMILES string of the molecule is CCCCN(CCCC)c1nc(-c2c(CC)cc(C)cc2CC)c(/C=C2\C(=O)C(C(C)C(=O)C(C)(C)C)C(=O)C(C#N)=C2C)s1.CCCCN(CCCC)c1nc(-c2c(CC)cc(CC)cc2CC)c(/C=C2\C(=O)N(C(C)C(=O)C(C)(C)C)C(=O)C(C#N)=C2C)s1. The fourth-order valence-electron chi connectivity index (χ4n) is 12.2. The van der Waals surface area contributed by atoms with Gasteiger partial charge in [0.2, 0.25) is 0 Å². The van der Waals surface area contributed by atoms with Gasteiger partial charge < -0.3 is 9.80 Å². The number of carbonyl (C=O) groups is 6. The van der Waals surface area contributed by atoms with E-state index in [1.54, 1.807) is 91.9 Å². The molecule has 4 aromatic rings. The molecule has 2 aromatic carbocycles. The summed E-state index contributed by atoms with van der Waals surface area (Å²) in [6.45, 7) is 42.4. The van der Waals surface area contributed by atoms with Crippen LogP contribution < -0.4 is 9.80 Å². The van der Waals surface area contributed by atoms with Crippen molar-refractivity contribution in [2.24, 2.45) is 22.7 Å². The predicted molar refractivity (Wildman–Crippen MR) is 376 cm³/mol. The predicted octanol–water partition coefficient (Wildman–Crippen LogP) is 17.4. The van der Waals surface area contributed by atoms with E-state index in [0.717, 1.165) is 157 Å². The molecule has 0 spiro atoms. The van der Waals surface area contributed by atoms with Crippen LogP contribution in [0.5, 0.6) is 0 Å². The summed E-state index contributed by atoms with van der Waals surface area (Å²) >= 11 is 3.11. The third-order valence-corrected chi connectivity index (χ3v) is 19.7. The quantitative estimate of drug-likeness (QED) is 0.0313. The van der Waals surface area contributed by atoms with Crippen molar-refractivity contribution in [2.75, 3.05) is 36.0 Å². The molecule has 490 valence electrons. The number of imide groups is 1. The number of allylic oxidation sites excluding steroid dienone is 3. The van der Waals surface area contributed by atoms with Gasteiger partial charge in [-0.25, -0.2) is 9.97 Å². The summed E-state index contributed by atoms with van der Waals surface area (Å²) in [5.41, 5.74) is 10.8. The Balaban J connectivity index is 0.000000331. The molecule has 3 atom stereocenters. The van der Waals surface area contributed by atoms with Crippen LogP contribution in [0.3, 0.4) is 0 Å². The standard InChI is InChI=1S/C38H52N4O3S.C38H51N3O3S/c1-11-16-18-41(19-17-12-2)37-40-33(32-27(14-4)20-26(13-3)21-28(32)15-5)31(46-37)22-29-24(6)30(23-39)36(45)42(35(29)44)25(7)34(43)38(8,9)10;1-11-15-17-41(18-16-12-2)37-40-33(32-26(13-3)19-23(5)20-27(32)14-4)30(45-37)21-28-24(6)29(22-39)35(43)31(34(28)42)25(7)36(44)38(8,9)10/h20-22,25H,11-19H2,1-10H3;19-21,25,31H,11-18H2,1-10H3/b29-22-;28-21-. The third kappa shape index (κ3) is 17.0. The van der Waals surface area contributed by atoms with Crippen LogP contribution in [0.1, 0.15) is 226 Å². The van der Waals surface area contributed by atoms with E-state index >= 15 is 0 Å². The minimum Gasteiger partial charge on any atom is -0.348 e. The highest BCUT2D eigenvalue weighted by Gasteiger charge is 2.46. The smallest absolute Gasteiger partial charge is 0.272 e. The van der Waals surface area contributed by atoms with Gasteiger partial charge in [-0.3, -0.25) is 33.7 Å². The molecule has 3 heterocycles. The number of nitriles is 2. The molecule has 13 nitrogen and oxygen atoms in total. The number of thiazole rings is 2. The van der Waals surface area contributed by atoms with Crippen LogP contribution in [-0.4, -0.2) is 82.0 Å². The first kappa shape index (κ1) is 74.8. The van der Waals surface area contributed by atoms with Gasteiger partial charge in [-0.15, -0.1) is 0 Å². The Bertz CT molecular complexity index is 3510. The number of carbonyl (C=O) groups excluding carboxylic acids is 6. The minimum absolute atomic E-state index is 0.0444. The Labute approximate surface area is 553 Å². The molecule has 0 radical (unpaired) electrons. The van der Waals surface area contributed by atoms with Gasteiger partial charge in [0.25, 0.3) is 11.8 Å². The van der Waals surface area contributed by atoms with Gasteiger partial charge in [0, 0.05) is 65.2 Å². The van der Waals surface area contributed by atoms with Crippen molar-refractivity contribution in [1.82, 2.24) is 14.9 Å². The van der Waals surface area contributed by atoms with Crippen molar-refractivity contribution < 1.29 is 28.8 Å². The molecule has 2 amide bonds. The highest BCUT2D eigenvalue weighted by atomic mass is 32.1. The van der Waals surface area contributed by atoms with Crippen molar-refractivity contribution >= 4 is 80.0 Å². The van der Waals surface area contributed by atoms with Gasteiger partial charge in [-0.2, -0.15) is 10.5 Å². The van der Waals surface area contributed by atoms with Crippen LogP contribution in [0.4, 0.5) is 10.3 Å². The largest absolute Gasteiger partial charge is 0.348 e. The first-order valence-electron chi connectivity index (χ1n) is 33.5. The molecule has 0 fully saturated rings. The second-order valence-electron chi connectivity index (χ2n) is 26.5. The summed E-state index contributed by atoms with van der Waals surface area (Å²) in [6, 6.07) is 12.0. The molecular formula is C76H103N7O6S2. The molecule has 2 aliphatic rings. The first-order valence-corrected chi connectivity index (χ1v) is 35.2. The Kier molecular flexibility index (Phi) is 27.2. The van der Waals surface area contributed by atoms with Gasteiger partial charge in [-0.1, -0.05) is 189 Å². The lowest BCUT2D eigenvalue weighted by molar-refractivity contribution is -0.149. The fourth-order valence-corrected chi connectivity index (χ4v) is 14.3. The number of rotatable bonds is 27. The van der Waals surface area contributed by atoms with Crippen LogP contribution in [0.2, 0.25) is 0 Å². The number of anilines is 2. The number of aryl methyl sites for hydroxylation is 6. The molecule has 0 saturated heterocycles. The third-order valence-electron chi connectivity index (χ3n) is 17.6. The van der Waals surface area contributed by atoms with Crippen LogP contribution in [-0.2, 0) is 60.9 Å². The van der Waals surface area contributed by atoms with E-state index in [1.165, 1.54) is 33.4 Å². The number of benzene rings is 2. The van der Waals surface area contributed by atoms with E-state index in [9.17, 15) is 39.3 Å². The number of unbranched alkanes of at least 4 members (excludes halogenated alkanes) is 4. The van der Waals surface area contributed by atoms with Crippen LogP contribution in [0.25, 0.3) is 34.7 Å². The molecule has 6 rings (SSSR count). The van der Waals surface area contributed by atoms with Crippen LogP contribution in [0.15, 0.2) is 57.7 Å². The van der Waals surface area contributed by atoms with E-state index in [1.807, 2.05) is 18.2 Å². The summed E-state index contributed by atoms with van der Waals surface area (Å²) in [4.78, 5) is 100. The molecule has 1 aliphatic carbocycles. The number of ketones is 4. The maximum Gasteiger partial charge on any atom is 0.272 e. The molecule has 3 unspecified atom stereocenters. The molecule has 15 heteroatoms. The lowest BCUT2D eigenvalue weighted by Gasteiger charge is -2.34. The monoisotopic (exact) mass is 1270 g/mol. The maximum atomic E-state index is 14.2. The Morgan fingerprint density at radius 3 is 1.31 bits per heavy atom. The molecule has 2 aromatic heterocycles.